The van der Waals surface area contributed by atoms with E-state index in [0.29, 0.717) is 11.9 Å². The standard InChI is InChI=1S/C13H24ClN3/c1-4-5-6-7-8-9-12-15-16-13(10-14)17(12)11(2)3/h11H,4-10H2,1-3H3. The topological polar surface area (TPSA) is 30.7 Å². The summed E-state index contributed by atoms with van der Waals surface area (Å²) >= 11 is 5.87. The summed E-state index contributed by atoms with van der Waals surface area (Å²) in [5.41, 5.74) is 0. The van der Waals surface area contributed by atoms with Crippen molar-refractivity contribution in [2.45, 2.75) is 71.2 Å². The third kappa shape index (κ3) is 4.30. The van der Waals surface area contributed by atoms with Crippen LogP contribution in [0.3, 0.4) is 0 Å². The number of aromatic nitrogens is 3. The molecule has 1 rings (SSSR count). The lowest BCUT2D eigenvalue weighted by Gasteiger charge is -2.12. The van der Waals surface area contributed by atoms with Crippen LogP contribution in [0, 0.1) is 0 Å². The van der Waals surface area contributed by atoms with Crippen molar-refractivity contribution in [1.82, 2.24) is 14.8 Å². The van der Waals surface area contributed by atoms with Crippen LogP contribution in [0.15, 0.2) is 0 Å². The summed E-state index contributed by atoms with van der Waals surface area (Å²) in [6.07, 6.45) is 7.46. The van der Waals surface area contributed by atoms with Crippen LogP contribution in [0.5, 0.6) is 0 Å². The van der Waals surface area contributed by atoms with Gasteiger partial charge in [-0.3, -0.25) is 0 Å². The maximum Gasteiger partial charge on any atom is 0.148 e. The van der Waals surface area contributed by atoms with Gasteiger partial charge in [0, 0.05) is 12.5 Å². The predicted molar refractivity (Wildman–Crippen MR) is 72.4 cm³/mol. The molecule has 0 N–H and O–H groups in total. The van der Waals surface area contributed by atoms with Crippen LogP contribution in [0.1, 0.15) is 70.6 Å². The molecule has 1 heterocycles. The fourth-order valence-electron chi connectivity index (χ4n) is 2.11. The SMILES string of the molecule is CCCCCCCc1nnc(CCl)n1C(C)C. The van der Waals surface area contributed by atoms with E-state index in [4.69, 9.17) is 11.6 Å². The first-order valence-electron chi connectivity index (χ1n) is 6.69. The van der Waals surface area contributed by atoms with Gasteiger partial charge in [-0.15, -0.1) is 21.8 Å². The van der Waals surface area contributed by atoms with E-state index in [0.717, 1.165) is 18.1 Å². The number of hydrogen-bond acceptors (Lipinski definition) is 2. The minimum absolute atomic E-state index is 0.393. The first-order valence-corrected chi connectivity index (χ1v) is 7.22. The average molecular weight is 258 g/mol. The van der Waals surface area contributed by atoms with Gasteiger partial charge in [-0.05, 0) is 20.3 Å². The molecule has 1 aromatic rings. The number of unbranched alkanes of at least 4 members (excludes halogenated alkanes) is 4. The number of hydrogen-bond donors (Lipinski definition) is 0. The fraction of sp³-hybridized carbons (Fsp3) is 0.846. The third-order valence-corrected chi connectivity index (χ3v) is 3.22. The summed E-state index contributed by atoms with van der Waals surface area (Å²) in [6.45, 7) is 6.54. The Hall–Kier alpha value is -0.570. The van der Waals surface area contributed by atoms with Crippen molar-refractivity contribution < 1.29 is 0 Å². The van der Waals surface area contributed by atoms with Gasteiger partial charge in [0.05, 0.1) is 5.88 Å². The van der Waals surface area contributed by atoms with E-state index < -0.39 is 0 Å². The number of aryl methyl sites for hydroxylation is 1. The molecular weight excluding hydrogens is 234 g/mol. The van der Waals surface area contributed by atoms with Crippen molar-refractivity contribution in [2.24, 2.45) is 0 Å². The van der Waals surface area contributed by atoms with Gasteiger partial charge in [0.15, 0.2) is 0 Å². The number of rotatable bonds is 8. The molecule has 0 radical (unpaired) electrons. The molecule has 17 heavy (non-hydrogen) atoms. The van der Waals surface area contributed by atoms with Crippen LogP contribution >= 0.6 is 11.6 Å². The largest absolute Gasteiger partial charge is 0.311 e. The average Bonchev–Trinajstić information content (AvgIpc) is 2.72. The van der Waals surface area contributed by atoms with Crippen LogP contribution in [-0.4, -0.2) is 14.8 Å². The zero-order chi connectivity index (χ0) is 12.7. The highest BCUT2D eigenvalue weighted by atomic mass is 35.5. The fourth-order valence-corrected chi connectivity index (χ4v) is 2.29. The Kier molecular flexibility index (Phi) is 6.56. The number of nitrogens with zero attached hydrogens (tertiary/aromatic N) is 3. The molecule has 0 aromatic carbocycles. The Morgan fingerprint density at radius 2 is 1.71 bits per heavy atom. The highest BCUT2D eigenvalue weighted by molar-refractivity contribution is 6.16. The van der Waals surface area contributed by atoms with Gasteiger partial charge in [0.2, 0.25) is 0 Å². The Morgan fingerprint density at radius 1 is 1.06 bits per heavy atom. The van der Waals surface area contributed by atoms with Gasteiger partial charge in [-0.25, -0.2) is 0 Å². The maximum absolute atomic E-state index is 5.87. The van der Waals surface area contributed by atoms with E-state index in [2.05, 4.69) is 35.5 Å². The van der Waals surface area contributed by atoms with Crippen LogP contribution in [0.2, 0.25) is 0 Å². The van der Waals surface area contributed by atoms with Gasteiger partial charge < -0.3 is 4.57 Å². The Morgan fingerprint density at radius 3 is 2.29 bits per heavy atom. The van der Waals surface area contributed by atoms with Crippen LogP contribution in [0.25, 0.3) is 0 Å². The smallest absolute Gasteiger partial charge is 0.148 e. The van der Waals surface area contributed by atoms with E-state index in [1.165, 1.54) is 32.1 Å². The lowest BCUT2D eigenvalue weighted by molar-refractivity contribution is 0.536. The van der Waals surface area contributed by atoms with Crippen LogP contribution < -0.4 is 0 Å². The Labute approximate surface area is 110 Å². The second-order valence-electron chi connectivity index (χ2n) is 4.79. The van der Waals surface area contributed by atoms with Crippen molar-refractivity contribution in [1.29, 1.82) is 0 Å². The Balaban J connectivity index is 2.50. The van der Waals surface area contributed by atoms with Gasteiger partial charge in [-0.1, -0.05) is 32.6 Å². The summed E-state index contributed by atoms with van der Waals surface area (Å²) in [4.78, 5) is 0. The van der Waals surface area contributed by atoms with Crippen molar-refractivity contribution in [3.05, 3.63) is 11.6 Å². The highest BCUT2D eigenvalue weighted by Crippen LogP contribution is 2.15. The third-order valence-electron chi connectivity index (χ3n) is 2.98. The summed E-state index contributed by atoms with van der Waals surface area (Å²) in [7, 11) is 0. The molecule has 98 valence electrons. The van der Waals surface area contributed by atoms with Gasteiger partial charge >= 0.3 is 0 Å². The molecule has 0 spiro atoms. The molecule has 0 aliphatic heterocycles. The van der Waals surface area contributed by atoms with Gasteiger partial charge in [0.1, 0.15) is 11.6 Å². The molecule has 0 unspecified atom stereocenters. The minimum Gasteiger partial charge on any atom is -0.311 e. The quantitative estimate of drug-likeness (QED) is 0.518. The molecular formula is C13H24ClN3. The van der Waals surface area contributed by atoms with Gasteiger partial charge in [-0.2, -0.15) is 0 Å². The molecule has 0 amide bonds. The van der Waals surface area contributed by atoms with E-state index in [-0.39, 0.29) is 0 Å². The first kappa shape index (κ1) is 14.5. The van der Waals surface area contributed by atoms with E-state index in [9.17, 15) is 0 Å². The second-order valence-corrected chi connectivity index (χ2v) is 5.06. The molecule has 1 aromatic heterocycles. The molecule has 0 aliphatic carbocycles. The van der Waals surface area contributed by atoms with E-state index in [1.54, 1.807) is 0 Å². The summed E-state index contributed by atoms with van der Waals surface area (Å²) in [5.74, 6) is 2.43. The molecule has 0 aliphatic rings. The Bertz CT molecular complexity index is 320. The van der Waals surface area contributed by atoms with Crippen molar-refractivity contribution in [2.75, 3.05) is 0 Å². The molecule has 3 nitrogen and oxygen atoms in total. The summed E-state index contributed by atoms with van der Waals surface area (Å²) < 4.78 is 2.17. The van der Waals surface area contributed by atoms with Crippen LogP contribution in [0.4, 0.5) is 0 Å². The molecule has 0 fully saturated rings. The lowest BCUT2D eigenvalue weighted by atomic mass is 10.1. The normalized spacial score (nSPS) is 11.4. The first-order chi connectivity index (χ1) is 8.20. The minimum atomic E-state index is 0.393. The highest BCUT2D eigenvalue weighted by Gasteiger charge is 2.13. The monoisotopic (exact) mass is 257 g/mol. The van der Waals surface area contributed by atoms with E-state index >= 15 is 0 Å². The summed E-state index contributed by atoms with van der Waals surface area (Å²) in [5, 5.41) is 8.41. The molecule has 0 saturated heterocycles. The predicted octanol–water partition coefficient (Wildman–Crippen LogP) is 4.11. The van der Waals surface area contributed by atoms with Crippen molar-refractivity contribution in [3.8, 4) is 0 Å². The zero-order valence-corrected chi connectivity index (χ0v) is 12.0. The van der Waals surface area contributed by atoms with Crippen LogP contribution in [-0.2, 0) is 12.3 Å². The molecule has 0 saturated carbocycles. The number of alkyl halides is 1. The molecule has 0 bridgehead atoms. The molecule has 0 atom stereocenters. The lowest BCUT2D eigenvalue weighted by Crippen LogP contribution is -2.09. The second kappa shape index (κ2) is 7.70. The summed E-state index contributed by atoms with van der Waals surface area (Å²) in [6, 6.07) is 0.393. The zero-order valence-electron chi connectivity index (χ0n) is 11.2. The van der Waals surface area contributed by atoms with Gasteiger partial charge in [0.25, 0.3) is 0 Å². The molecule has 4 heteroatoms. The van der Waals surface area contributed by atoms with Crippen molar-refractivity contribution >= 4 is 11.6 Å². The van der Waals surface area contributed by atoms with Crippen molar-refractivity contribution in [3.63, 3.8) is 0 Å². The van der Waals surface area contributed by atoms with E-state index in [1.807, 2.05) is 0 Å². The maximum atomic E-state index is 5.87. The number of halogens is 1.